The highest BCUT2D eigenvalue weighted by Crippen LogP contribution is 2.25. The van der Waals surface area contributed by atoms with Gasteiger partial charge < -0.3 is 5.32 Å². The molecule has 2 nitrogen and oxygen atoms in total. The van der Waals surface area contributed by atoms with Crippen molar-refractivity contribution in [2.75, 3.05) is 6.54 Å². The molecule has 0 aromatic carbocycles. The Morgan fingerprint density at radius 3 is 2.67 bits per heavy atom. The summed E-state index contributed by atoms with van der Waals surface area (Å²) in [4.78, 5) is 0. The summed E-state index contributed by atoms with van der Waals surface area (Å²) in [5, 5.41) is 11.2. The minimum atomic E-state index is -4.42. The van der Waals surface area contributed by atoms with Crippen molar-refractivity contribution in [3.63, 3.8) is 0 Å². The number of rotatable bonds is 3. The van der Waals surface area contributed by atoms with Gasteiger partial charge in [0.05, 0.1) is 6.07 Å². The molecule has 0 heterocycles. The van der Waals surface area contributed by atoms with E-state index < -0.39 is 12.1 Å². The molecule has 5 heteroatoms. The molecular formula is C10H13F3N2. The summed E-state index contributed by atoms with van der Waals surface area (Å²) >= 11 is 0. The molecule has 0 aliphatic heterocycles. The van der Waals surface area contributed by atoms with Crippen molar-refractivity contribution in [1.29, 1.82) is 5.26 Å². The van der Waals surface area contributed by atoms with Gasteiger partial charge in [-0.2, -0.15) is 18.4 Å². The number of halogens is 3. The van der Waals surface area contributed by atoms with Gasteiger partial charge in [0.15, 0.2) is 5.92 Å². The molecule has 0 radical (unpaired) electrons. The molecule has 84 valence electrons. The first-order valence-corrected chi connectivity index (χ1v) is 4.88. The molecule has 0 amide bonds. The Bertz CT molecular complexity index is 265. The van der Waals surface area contributed by atoms with Gasteiger partial charge in [-0.25, -0.2) is 0 Å². The van der Waals surface area contributed by atoms with Crippen LogP contribution in [-0.4, -0.2) is 18.8 Å². The molecule has 15 heavy (non-hydrogen) atoms. The number of nitriles is 1. The van der Waals surface area contributed by atoms with Crippen molar-refractivity contribution in [3.05, 3.63) is 12.2 Å². The minimum Gasteiger partial charge on any atom is -0.312 e. The molecule has 0 bridgehead atoms. The summed E-state index contributed by atoms with van der Waals surface area (Å²) in [5.41, 5.74) is 0. The van der Waals surface area contributed by atoms with E-state index in [9.17, 15) is 13.2 Å². The maximum Gasteiger partial charge on any atom is 0.405 e. The second kappa shape index (κ2) is 5.17. The van der Waals surface area contributed by atoms with Crippen LogP contribution in [0.2, 0.25) is 0 Å². The molecular weight excluding hydrogens is 205 g/mol. The molecule has 2 unspecified atom stereocenters. The van der Waals surface area contributed by atoms with Gasteiger partial charge >= 0.3 is 6.18 Å². The fourth-order valence-corrected chi connectivity index (χ4v) is 1.50. The second-order valence-electron chi connectivity index (χ2n) is 3.61. The van der Waals surface area contributed by atoms with Crippen LogP contribution in [-0.2, 0) is 0 Å². The van der Waals surface area contributed by atoms with E-state index in [-0.39, 0.29) is 12.6 Å². The van der Waals surface area contributed by atoms with Crippen molar-refractivity contribution in [3.8, 4) is 6.07 Å². The van der Waals surface area contributed by atoms with Gasteiger partial charge in [0, 0.05) is 12.6 Å². The Morgan fingerprint density at radius 2 is 2.20 bits per heavy atom. The topological polar surface area (TPSA) is 35.8 Å². The standard InChI is InChI=1S/C10H13F3N2/c11-10(12,13)8(6-14)7-15-9-4-2-1-3-5-9/h1-2,8-9,15H,3-5,7H2. The molecule has 0 fully saturated rings. The third-order valence-corrected chi connectivity index (χ3v) is 2.43. The molecule has 0 spiro atoms. The lowest BCUT2D eigenvalue weighted by atomic mass is 10.0. The fourth-order valence-electron chi connectivity index (χ4n) is 1.50. The third kappa shape index (κ3) is 3.92. The quantitative estimate of drug-likeness (QED) is 0.738. The Labute approximate surface area is 86.8 Å². The highest BCUT2D eigenvalue weighted by molar-refractivity contribution is 4.95. The Morgan fingerprint density at radius 1 is 1.47 bits per heavy atom. The predicted molar refractivity (Wildman–Crippen MR) is 49.9 cm³/mol. The first-order chi connectivity index (χ1) is 7.04. The average Bonchev–Trinajstić information content (AvgIpc) is 2.18. The van der Waals surface area contributed by atoms with Gasteiger partial charge in [-0.05, 0) is 19.3 Å². The van der Waals surface area contributed by atoms with Crippen LogP contribution in [0.25, 0.3) is 0 Å². The fraction of sp³-hybridized carbons (Fsp3) is 0.700. The van der Waals surface area contributed by atoms with E-state index in [1.807, 2.05) is 12.2 Å². The second-order valence-corrected chi connectivity index (χ2v) is 3.61. The van der Waals surface area contributed by atoms with Crippen LogP contribution in [0.4, 0.5) is 13.2 Å². The van der Waals surface area contributed by atoms with Crippen LogP contribution in [0.15, 0.2) is 12.2 Å². The Hall–Kier alpha value is -1.02. The lowest BCUT2D eigenvalue weighted by Crippen LogP contribution is -2.38. The van der Waals surface area contributed by atoms with Crippen LogP contribution >= 0.6 is 0 Å². The van der Waals surface area contributed by atoms with E-state index in [1.165, 1.54) is 6.07 Å². The maximum absolute atomic E-state index is 12.2. The number of nitrogens with one attached hydrogen (secondary N) is 1. The van der Waals surface area contributed by atoms with Crippen LogP contribution in [0.1, 0.15) is 19.3 Å². The van der Waals surface area contributed by atoms with E-state index in [0.717, 1.165) is 19.3 Å². The summed E-state index contributed by atoms with van der Waals surface area (Å²) in [6.45, 7) is -0.307. The summed E-state index contributed by atoms with van der Waals surface area (Å²) in [6, 6.07) is 1.35. The van der Waals surface area contributed by atoms with Crippen LogP contribution in [0.3, 0.4) is 0 Å². The molecule has 2 atom stereocenters. The first-order valence-electron chi connectivity index (χ1n) is 4.88. The zero-order valence-electron chi connectivity index (χ0n) is 8.22. The number of nitrogens with zero attached hydrogens (tertiary/aromatic N) is 1. The summed E-state index contributed by atoms with van der Waals surface area (Å²) in [6.07, 6.45) is 2.02. The number of alkyl halides is 3. The van der Waals surface area contributed by atoms with E-state index in [1.54, 1.807) is 0 Å². The molecule has 1 rings (SSSR count). The van der Waals surface area contributed by atoms with Crippen LogP contribution in [0, 0.1) is 17.2 Å². The van der Waals surface area contributed by atoms with Gasteiger partial charge in [-0.3, -0.25) is 0 Å². The molecule has 1 aliphatic rings. The normalized spacial score (nSPS) is 23.5. The van der Waals surface area contributed by atoms with Gasteiger partial charge in [0.2, 0.25) is 0 Å². The van der Waals surface area contributed by atoms with Crippen LogP contribution in [0.5, 0.6) is 0 Å². The lowest BCUT2D eigenvalue weighted by Gasteiger charge is -2.21. The average molecular weight is 218 g/mol. The van der Waals surface area contributed by atoms with Gasteiger partial charge in [-0.15, -0.1) is 0 Å². The number of hydrogen-bond acceptors (Lipinski definition) is 2. The molecule has 0 saturated heterocycles. The van der Waals surface area contributed by atoms with Crippen molar-refractivity contribution in [2.45, 2.75) is 31.5 Å². The molecule has 0 saturated carbocycles. The summed E-state index contributed by atoms with van der Waals surface area (Å²) < 4.78 is 36.6. The van der Waals surface area contributed by atoms with E-state index in [0.29, 0.717) is 0 Å². The number of allylic oxidation sites excluding steroid dienone is 1. The largest absolute Gasteiger partial charge is 0.405 e. The lowest BCUT2D eigenvalue weighted by molar-refractivity contribution is -0.158. The van der Waals surface area contributed by atoms with Crippen LogP contribution < -0.4 is 5.32 Å². The molecule has 1 N–H and O–H groups in total. The zero-order chi connectivity index (χ0) is 11.3. The summed E-state index contributed by atoms with van der Waals surface area (Å²) in [5.74, 6) is -1.90. The van der Waals surface area contributed by atoms with Gasteiger partial charge in [0.25, 0.3) is 0 Å². The monoisotopic (exact) mass is 218 g/mol. The van der Waals surface area contributed by atoms with E-state index in [4.69, 9.17) is 5.26 Å². The Kier molecular flexibility index (Phi) is 4.15. The molecule has 1 aliphatic carbocycles. The van der Waals surface area contributed by atoms with Crippen molar-refractivity contribution >= 4 is 0 Å². The predicted octanol–water partition coefficient (Wildman–Crippen LogP) is 2.39. The maximum atomic E-state index is 12.2. The molecule has 0 aromatic rings. The zero-order valence-corrected chi connectivity index (χ0v) is 8.22. The molecule has 0 aromatic heterocycles. The van der Waals surface area contributed by atoms with Crippen molar-refractivity contribution in [2.24, 2.45) is 5.92 Å². The van der Waals surface area contributed by atoms with Gasteiger partial charge in [-0.1, -0.05) is 12.2 Å². The third-order valence-electron chi connectivity index (χ3n) is 2.43. The van der Waals surface area contributed by atoms with Gasteiger partial charge in [0.1, 0.15) is 0 Å². The minimum absolute atomic E-state index is 0.0770. The number of hydrogen-bond donors (Lipinski definition) is 1. The highest BCUT2D eigenvalue weighted by atomic mass is 19.4. The van der Waals surface area contributed by atoms with Crippen molar-refractivity contribution < 1.29 is 13.2 Å². The van der Waals surface area contributed by atoms with Crippen molar-refractivity contribution in [1.82, 2.24) is 5.32 Å². The van der Waals surface area contributed by atoms with E-state index >= 15 is 0 Å². The SMILES string of the molecule is N#CC(CNC1CC=CCC1)C(F)(F)F. The van der Waals surface area contributed by atoms with E-state index in [2.05, 4.69) is 5.32 Å². The first kappa shape index (κ1) is 12.1. The summed E-state index contributed by atoms with van der Waals surface area (Å²) in [7, 11) is 0. The smallest absolute Gasteiger partial charge is 0.312 e. The Balaban J connectivity index is 2.35. The highest BCUT2D eigenvalue weighted by Gasteiger charge is 2.39.